The van der Waals surface area contributed by atoms with Crippen LogP contribution < -0.4 is 10.6 Å². The van der Waals surface area contributed by atoms with E-state index in [2.05, 4.69) is 15.6 Å². The lowest BCUT2D eigenvalue weighted by Crippen LogP contribution is -2.37. The number of nitrogens with one attached hydrogen (secondary N) is 2. The molecule has 0 aliphatic rings. The van der Waals surface area contributed by atoms with Gasteiger partial charge in [0.25, 0.3) is 0 Å². The van der Waals surface area contributed by atoms with Crippen LogP contribution in [0.4, 0.5) is 0 Å². The van der Waals surface area contributed by atoms with Crippen LogP contribution in [0.5, 0.6) is 0 Å². The first-order chi connectivity index (χ1) is 8.17. The fourth-order valence-electron chi connectivity index (χ4n) is 1.28. The fraction of sp³-hybridized carbons (Fsp3) is 0.545. The Morgan fingerprint density at radius 3 is 2.44 bits per heavy atom. The second kappa shape index (κ2) is 9.82. The Kier molecular flexibility index (Phi) is 9.80. The van der Waals surface area contributed by atoms with Crippen molar-refractivity contribution in [1.82, 2.24) is 10.6 Å². The van der Waals surface area contributed by atoms with E-state index in [0.717, 1.165) is 23.9 Å². The zero-order chi connectivity index (χ0) is 12.7. The molecule has 4 nitrogen and oxygen atoms in total. The lowest BCUT2D eigenvalue weighted by molar-refractivity contribution is 0.191. The molecule has 3 N–H and O–H groups in total. The molecule has 0 radical (unpaired) electrons. The Bertz CT molecular complexity index is 365. The summed E-state index contributed by atoms with van der Waals surface area (Å²) in [5.41, 5.74) is 0. The van der Waals surface area contributed by atoms with Gasteiger partial charge >= 0.3 is 0 Å². The number of nitrogens with zero attached hydrogens (tertiary/aromatic N) is 1. The molecule has 1 aromatic heterocycles. The highest BCUT2D eigenvalue weighted by molar-refractivity contribution is 14.0. The third-order valence-corrected chi connectivity index (χ3v) is 3.37. The van der Waals surface area contributed by atoms with Crippen molar-refractivity contribution < 1.29 is 5.11 Å². The first-order valence-corrected chi connectivity index (χ1v) is 6.82. The van der Waals surface area contributed by atoms with E-state index in [1.54, 1.807) is 6.07 Å². The summed E-state index contributed by atoms with van der Waals surface area (Å²) in [6.07, 6.45) is -0.597. The first-order valence-electron chi connectivity index (χ1n) is 5.62. The summed E-state index contributed by atoms with van der Waals surface area (Å²) in [5.74, 6) is 0.719. The number of halogens is 2. The minimum Gasteiger partial charge on any atom is -0.386 e. The van der Waals surface area contributed by atoms with Crippen LogP contribution in [-0.2, 0) is 0 Å². The molecule has 0 aliphatic heterocycles. The summed E-state index contributed by atoms with van der Waals surface area (Å²) >= 11 is 7.19. The third kappa shape index (κ3) is 6.21. The van der Waals surface area contributed by atoms with E-state index in [1.807, 2.05) is 19.9 Å². The lowest BCUT2D eigenvalue weighted by Gasteiger charge is -2.10. The number of thiophene rings is 1. The van der Waals surface area contributed by atoms with Gasteiger partial charge in [-0.1, -0.05) is 11.6 Å². The van der Waals surface area contributed by atoms with Crippen LogP contribution >= 0.6 is 46.9 Å². The van der Waals surface area contributed by atoms with Gasteiger partial charge < -0.3 is 15.7 Å². The Morgan fingerprint density at radius 1 is 1.39 bits per heavy atom. The van der Waals surface area contributed by atoms with Crippen molar-refractivity contribution in [3.05, 3.63) is 21.3 Å². The molecule has 1 aromatic rings. The number of guanidine groups is 1. The number of hydrogen-bond donors (Lipinski definition) is 3. The Labute approximate surface area is 134 Å². The van der Waals surface area contributed by atoms with Gasteiger partial charge in [0, 0.05) is 18.0 Å². The normalized spacial score (nSPS) is 11.3. The quantitative estimate of drug-likeness (QED) is 0.402. The zero-order valence-electron chi connectivity index (χ0n) is 10.4. The molecule has 104 valence electrons. The van der Waals surface area contributed by atoms with Crippen molar-refractivity contribution in [3.8, 4) is 0 Å². The number of hydrogen-bond acceptors (Lipinski definition) is 3. The predicted molar refractivity (Wildman–Crippen MR) is 89.4 cm³/mol. The number of aliphatic hydroxyl groups is 1. The average Bonchev–Trinajstić information content (AvgIpc) is 2.73. The maximum absolute atomic E-state index is 9.91. The maximum atomic E-state index is 9.91. The third-order valence-electron chi connectivity index (χ3n) is 2.03. The zero-order valence-corrected chi connectivity index (χ0v) is 14.3. The molecule has 7 heteroatoms. The second-order valence-electron chi connectivity index (χ2n) is 3.41. The first kappa shape index (κ1) is 17.9. The Balaban J connectivity index is 0.00000289. The SMILES string of the molecule is CCNC(=NCC(O)c1ccc(Cl)s1)NCC.I. The van der Waals surface area contributed by atoms with Gasteiger partial charge in [0.2, 0.25) is 0 Å². The van der Waals surface area contributed by atoms with Gasteiger partial charge in [0.15, 0.2) is 5.96 Å². The van der Waals surface area contributed by atoms with Crippen LogP contribution in [0.25, 0.3) is 0 Å². The highest BCUT2D eigenvalue weighted by Crippen LogP contribution is 2.26. The summed E-state index contributed by atoms with van der Waals surface area (Å²) in [6.45, 7) is 5.93. The molecule has 0 fully saturated rings. The molecule has 1 atom stereocenters. The number of aliphatic imine (C=N–C) groups is 1. The molecule has 1 heterocycles. The molecule has 0 aliphatic carbocycles. The molecule has 0 amide bonds. The number of aliphatic hydroxyl groups excluding tert-OH is 1. The summed E-state index contributed by atoms with van der Waals surface area (Å²) in [6, 6.07) is 3.61. The van der Waals surface area contributed by atoms with Crippen LogP contribution in [0.1, 0.15) is 24.8 Å². The standard InChI is InChI=1S/C11H18ClN3OS.HI/c1-3-13-11(14-4-2)15-7-8(16)9-5-6-10(12)17-9;/h5-6,8,16H,3-4,7H2,1-2H3,(H2,13,14,15);1H. The van der Waals surface area contributed by atoms with Crippen molar-refractivity contribution in [2.45, 2.75) is 20.0 Å². The topological polar surface area (TPSA) is 56.7 Å². The van der Waals surface area contributed by atoms with Gasteiger partial charge in [0.05, 0.1) is 10.9 Å². The van der Waals surface area contributed by atoms with Crippen LogP contribution in [0, 0.1) is 0 Å². The fourth-order valence-corrected chi connectivity index (χ4v) is 2.32. The monoisotopic (exact) mass is 403 g/mol. The highest BCUT2D eigenvalue weighted by Gasteiger charge is 2.09. The molecule has 0 saturated carbocycles. The largest absolute Gasteiger partial charge is 0.386 e. The highest BCUT2D eigenvalue weighted by atomic mass is 127. The van der Waals surface area contributed by atoms with Gasteiger partial charge in [-0.2, -0.15) is 0 Å². The van der Waals surface area contributed by atoms with Gasteiger partial charge in [0.1, 0.15) is 6.10 Å². The minimum absolute atomic E-state index is 0. The molecule has 18 heavy (non-hydrogen) atoms. The number of rotatable bonds is 5. The van der Waals surface area contributed by atoms with E-state index < -0.39 is 6.10 Å². The molecule has 0 aromatic carbocycles. The second-order valence-corrected chi connectivity index (χ2v) is 5.15. The van der Waals surface area contributed by atoms with Gasteiger partial charge in [-0.3, -0.25) is 4.99 Å². The summed E-state index contributed by atoms with van der Waals surface area (Å²) < 4.78 is 0.682. The van der Waals surface area contributed by atoms with Gasteiger partial charge in [-0.15, -0.1) is 35.3 Å². The Morgan fingerprint density at radius 2 is 2.00 bits per heavy atom. The predicted octanol–water partition coefficient (Wildman–Crippen LogP) is 2.63. The van der Waals surface area contributed by atoms with E-state index in [1.165, 1.54) is 11.3 Å². The summed E-state index contributed by atoms with van der Waals surface area (Å²) in [7, 11) is 0. The van der Waals surface area contributed by atoms with E-state index in [9.17, 15) is 5.11 Å². The summed E-state index contributed by atoms with van der Waals surface area (Å²) in [4.78, 5) is 5.14. The van der Waals surface area contributed by atoms with Crippen molar-refractivity contribution >= 4 is 52.9 Å². The van der Waals surface area contributed by atoms with Crippen molar-refractivity contribution in [1.29, 1.82) is 0 Å². The van der Waals surface area contributed by atoms with Gasteiger partial charge in [-0.05, 0) is 26.0 Å². The van der Waals surface area contributed by atoms with Crippen LogP contribution in [0.15, 0.2) is 17.1 Å². The van der Waals surface area contributed by atoms with Crippen LogP contribution in [0.2, 0.25) is 4.34 Å². The Hall–Kier alpha value is -0.0500. The van der Waals surface area contributed by atoms with Gasteiger partial charge in [-0.25, -0.2) is 0 Å². The average molecular weight is 404 g/mol. The maximum Gasteiger partial charge on any atom is 0.191 e. The molecular formula is C11H19ClIN3OS. The smallest absolute Gasteiger partial charge is 0.191 e. The van der Waals surface area contributed by atoms with Crippen molar-refractivity contribution in [2.24, 2.45) is 4.99 Å². The van der Waals surface area contributed by atoms with E-state index >= 15 is 0 Å². The van der Waals surface area contributed by atoms with Crippen LogP contribution in [0.3, 0.4) is 0 Å². The van der Waals surface area contributed by atoms with E-state index in [4.69, 9.17) is 11.6 Å². The van der Waals surface area contributed by atoms with E-state index in [0.29, 0.717) is 10.9 Å². The molecule has 0 bridgehead atoms. The molecule has 0 spiro atoms. The van der Waals surface area contributed by atoms with Crippen LogP contribution in [-0.4, -0.2) is 30.7 Å². The summed E-state index contributed by atoms with van der Waals surface area (Å²) in [5, 5.41) is 16.1. The van der Waals surface area contributed by atoms with Crippen molar-refractivity contribution in [2.75, 3.05) is 19.6 Å². The molecule has 1 rings (SSSR count). The lowest BCUT2D eigenvalue weighted by atomic mass is 10.3. The minimum atomic E-state index is -0.597. The molecule has 0 saturated heterocycles. The van der Waals surface area contributed by atoms with Crippen molar-refractivity contribution in [3.63, 3.8) is 0 Å². The van der Waals surface area contributed by atoms with E-state index in [-0.39, 0.29) is 24.0 Å². The molecule has 1 unspecified atom stereocenters. The molecular weight excluding hydrogens is 385 g/mol.